The quantitative estimate of drug-likeness (QED) is 0.747. The molecule has 0 saturated carbocycles. The number of hydrogen-bond donors (Lipinski definition) is 1. The van der Waals surface area contributed by atoms with Gasteiger partial charge in [0, 0.05) is 5.92 Å². The van der Waals surface area contributed by atoms with Crippen LogP contribution in [0.3, 0.4) is 0 Å². The molecular weight excluding hydrogens is 183 g/mol. The molecule has 0 unspecified atom stereocenters. The van der Waals surface area contributed by atoms with Crippen LogP contribution in [0.4, 0.5) is 4.39 Å². The van der Waals surface area contributed by atoms with E-state index in [1.54, 1.807) is 30.3 Å². The van der Waals surface area contributed by atoms with Crippen LogP contribution in [-0.4, -0.2) is 17.2 Å². The lowest BCUT2D eigenvalue weighted by atomic mass is 9.94. The molecule has 0 bridgehead atoms. The molecule has 0 aliphatic rings. The first-order valence-electron chi connectivity index (χ1n) is 4.21. The molecule has 0 aliphatic carbocycles. The fourth-order valence-corrected chi connectivity index (χ4v) is 1.25. The highest BCUT2D eigenvalue weighted by Gasteiger charge is 2.26. The third-order valence-corrected chi connectivity index (χ3v) is 1.99. The Hall–Kier alpha value is -1.64. The van der Waals surface area contributed by atoms with Crippen molar-refractivity contribution in [3.8, 4) is 0 Å². The Kier molecular flexibility index (Phi) is 3.40. The van der Waals surface area contributed by atoms with Gasteiger partial charge in [-0.15, -0.1) is 6.58 Å². The molecule has 3 heteroatoms. The van der Waals surface area contributed by atoms with Crippen molar-refractivity contribution in [3.05, 3.63) is 48.6 Å². The van der Waals surface area contributed by atoms with E-state index in [1.165, 1.54) is 6.08 Å². The average Bonchev–Trinajstić information content (AvgIpc) is 2.20. The van der Waals surface area contributed by atoms with Gasteiger partial charge in [0.2, 0.25) is 6.17 Å². The van der Waals surface area contributed by atoms with E-state index in [1.807, 2.05) is 0 Å². The fraction of sp³-hybridized carbons (Fsp3) is 0.182. The van der Waals surface area contributed by atoms with Gasteiger partial charge in [0.1, 0.15) is 0 Å². The normalized spacial score (nSPS) is 14.4. The van der Waals surface area contributed by atoms with Crippen LogP contribution in [-0.2, 0) is 4.79 Å². The number of carboxylic acid groups (broad SMARTS) is 1. The van der Waals surface area contributed by atoms with Gasteiger partial charge in [0.05, 0.1) is 0 Å². The van der Waals surface area contributed by atoms with Gasteiger partial charge in [-0.25, -0.2) is 9.18 Å². The van der Waals surface area contributed by atoms with Gasteiger partial charge in [-0.1, -0.05) is 36.4 Å². The first-order chi connectivity index (χ1) is 6.66. The summed E-state index contributed by atoms with van der Waals surface area (Å²) >= 11 is 0. The summed E-state index contributed by atoms with van der Waals surface area (Å²) in [5, 5.41) is 8.52. The molecule has 0 aromatic heterocycles. The largest absolute Gasteiger partial charge is 0.479 e. The second-order valence-electron chi connectivity index (χ2n) is 2.91. The Balaban J connectivity index is 2.93. The summed E-state index contributed by atoms with van der Waals surface area (Å²) in [7, 11) is 0. The van der Waals surface area contributed by atoms with Gasteiger partial charge in [0.25, 0.3) is 0 Å². The maximum atomic E-state index is 13.2. The van der Waals surface area contributed by atoms with Gasteiger partial charge in [-0.3, -0.25) is 0 Å². The molecule has 0 heterocycles. The van der Waals surface area contributed by atoms with Crippen LogP contribution in [0.25, 0.3) is 0 Å². The standard InChI is InChI=1S/C11H11FO2/c1-2-9(10(12)11(13)14)8-6-4-3-5-7-8/h2-7,9-10H,1H2,(H,13,14)/t9-,10+/m1/s1. The van der Waals surface area contributed by atoms with Crippen LogP contribution in [0.5, 0.6) is 0 Å². The van der Waals surface area contributed by atoms with Crippen molar-refractivity contribution in [2.45, 2.75) is 12.1 Å². The molecule has 74 valence electrons. The Morgan fingerprint density at radius 2 is 2.00 bits per heavy atom. The van der Waals surface area contributed by atoms with Gasteiger partial charge in [0.15, 0.2) is 0 Å². The van der Waals surface area contributed by atoms with Crippen LogP contribution in [0.2, 0.25) is 0 Å². The monoisotopic (exact) mass is 194 g/mol. The second-order valence-corrected chi connectivity index (χ2v) is 2.91. The Bertz CT molecular complexity index is 321. The zero-order chi connectivity index (χ0) is 10.6. The zero-order valence-corrected chi connectivity index (χ0v) is 7.56. The number of allylic oxidation sites excluding steroid dienone is 1. The van der Waals surface area contributed by atoms with Gasteiger partial charge >= 0.3 is 5.97 Å². The molecule has 0 fully saturated rings. The minimum Gasteiger partial charge on any atom is -0.479 e. The summed E-state index contributed by atoms with van der Waals surface area (Å²) in [4.78, 5) is 10.5. The van der Waals surface area contributed by atoms with Gasteiger partial charge < -0.3 is 5.11 Å². The number of carboxylic acids is 1. The van der Waals surface area contributed by atoms with E-state index in [9.17, 15) is 9.18 Å². The highest BCUT2D eigenvalue weighted by atomic mass is 19.1. The number of carbonyl (C=O) groups is 1. The molecule has 1 rings (SSSR count). The van der Waals surface area contributed by atoms with E-state index in [0.717, 1.165) is 0 Å². The van der Waals surface area contributed by atoms with Gasteiger partial charge in [-0.2, -0.15) is 0 Å². The molecule has 2 atom stereocenters. The van der Waals surface area contributed by atoms with Crippen LogP contribution in [0.1, 0.15) is 11.5 Å². The first-order valence-corrected chi connectivity index (χ1v) is 4.21. The predicted molar refractivity (Wildman–Crippen MR) is 51.9 cm³/mol. The highest BCUT2D eigenvalue weighted by molar-refractivity contribution is 5.74. The molecule has 0 radical (unpaired) electrons. The van der Waals surface area contributed by atoms with E-state index in [0.29, 0.717) is 5.56 Å². The highest BCUT2D eigenvalue weighted by Crippen LogP contribution is 2.23. The Labute approximate surface area is 81.7 Å². The molecule has 2 nitrogen and oxygen atoms in total. The Morgan fingerprint density at radius 3 is 2.43 bits per heavy atom. The summed E-state index contributed by atoms with van der Waals surface area (Å²) < 4.78 is 13.2. The molecule has 0 saturated heterocycles. The van der Waals surface area contributed by atoms with Crippen molar-refractivity contribution < 1.29 is 14.3 Å². The number of aliphatic carboxylic acids is 1. The molecule has 0 aliphatic heterocycles. The molecular formula is C11H11FO2. The van der Waals surface area contributed by atoms with Crippen molar-refractivity contribution in [1.29, 1.82) is 0 Å². The smallest absolute Gasteiger partial charge is 0.339 e. The Morgan fingerprint density at radius 1 is 1.43 bits per heavy atom. The summed E-state index contributed by atoms with van der Waals surface area (Å²) in [6, 6.07) is 8.63. The lowest BCUT2D eigenvalue weighted by Gasteiger charge is -2.13. The van der Waals surface area contributed by atoms with Crippen molar-refractivity contribution in [1.82, 2.24) is 0 Å². The summed E-state index contributed by atoms with van der Waals surface area (Å²) in [6.07, 6.45) is -0.622. The van der Waals surface area contributed by atoms with Crippen molar-refractivity contribution >= 4 is 5.97 Å². The zero-order valence-electron chi connectivity index (χ0n) is 7.56. The molecule has 1 N–H and O–H groups in total. The second kappa shape index (κ2) is 4.56. The number of halogens is 1. The lowest BCUT2D eigenvalue weighted by Crippen LogP contribution is -2.21. The summed E-state index contributed by atoms with van der Waals surface area (Å²) in [6.45, 7) is 3.44. The first kappa shape index (κ1) is 10.4. The van der Waals surface area contributed by atoms with Crippen LogP contribution in [0.15, 0.2) is 43.0 Å². The maximum absolute atomic E-state index is 13.2. The summed E-state index contributed by atoms with van der Waals surface area (Å²) in [5.74, 6) is -2.24. The third kappa shape index (κ3) is 2.19. The van der Waals surface area contributed by atoms with E-state index < -0.39 is 18.1 Å². The topological polar surface area (TPSA) is 37.3 Å². The SMILES string of the molecule is C=C[C@H](c1ccccc1)[C@H](F)C(=O)O. The van der Waals surface area contributed by atoms with Crippen LogP contribution >= 0.6 is 0 Å². The van der Waals surface area contributed by atoms with E-state index in [2.05, 4.69) is 6.58 Å². The predicted octanol–water partition coefficient (Wildman–Crippen LogP) is 2.38. The van der Waals surface area contributed by atoms with Crippen LogP contribution < -0.4 is 0 Å². The lowest BCUT2D eigenvalue weighted by molar-refractivity contribution is -0.143. The number of benzene rings is 1. The maximum Gasteiger partial charge on any atom is 0.339 e. The third-order valence-electron chi connectivity index (χ3n) is 1.99. The summed E-state index contributed by atoms with van der Waals surface area (Å²) in [5.41, 5.74) is 0.623. The minimum atomic E-state index is -1.94. The van der Waals surface area contributed by atoms with E-state index in [-0.39, 0.29) is 0 Å². The number of alkyl halides is 1. The van der Waals surface area contributed by atoms with Crippen molar-refractivity contribution in [3.63, 3.8) is 0 Å². The molecule has 0 amide bonds. The van der Waals surface area contributed by atoms with E-state index in [4.69, 9.17) is 5.11 Å². The van der Waals surface area contributed by atoms with Crippen molar-refractivity contribution in [2.24, 2.45) is 0 Å². The van der Waals surface area contributed by atoms with Crippen LogP contribution in [0, 0.1) is 0 Å². The minimum absolute atomic E-state index is 0.623. The average molecular weight is 194 g/mol. The fourth-order valence-electron chi connectivity index (χ4n) is 1.25. The van der Waals surface area contributed by atoms with Gasteiger partial charge in [-0.05, 0) is 5.56 Å². The molecule has 0 spiro atoms. The van der Waals surface area contributed by atoms with E-state index >= 15 is 0 Å². The number of hydrogen-bond acceptors (Lipinski definition) is 1. The molecule has 14 heavy (non-hydrogen) atoms. The number of rotatable bonds is 4. The molecule has 1 aromatic rings. The van der Waals surface area contributed by atoms with Crippen molar-refractivity contribution in [2.75, 3.05) is 0 Å². The molecule has 1 aromatic carbocycles.